The van der Waals surface area contributed by atoms with Crippen LogP contribution >= 0.6 is 11.6 Å². The zero-order chi connectivity index (χ0) is 21.0. The predicted molar refractivity (Wildman–Crippen MR) is 125 cm³/mol. The van der Waals surface area contributed by atoms with Crippen molar-refractivity contribution in [2.45, 2.75) is 13.2 Å². The minimum Gasteiger partial charge on any atom is -0.492 e. The molecular formula is C26H21ClN2O2. The molecule has 5 heteroatoms. The summed E-state index contributed by atoms with van der Waals surface area (Å²) in [5.41, 5.74) is 2.02. The molecule has 4 aromatic carbocycles. The van der Waals surface area contributed by atoms with Crippen molar-refractivity contribution in [2.24, 2.45) is 0 Å². The normalized spacial score (nSPS) is 11.1. The highest BCUT2D eigenvalue weighted by Gasteiger charge is 2.11. The Labute approximate surface area is 185 Å². The third-order valence-electron chi connectivity index (χ3n) is 5.22. The number of fused-ring (bicyclic) bond motifs is 2. The Bertz CT molecular complexity index is 1330. The van der Waals surface area contributed by atoms with Crippen molar-refractivity contribution in [2.75, 3.05) is 6.61 Å². The van der Waals surface area contributed by atoms with Crippen molar-refractivity contribution >= 4 is 33.4 Å². The molecule has 0 fully saturated rings. The number of ether oxygens (including phenoxy) is 2. The fraction of sp³-hybridized carbons (Fsp3) is 0.115. The molecule has 0 spiro atoms. The van der Waals surface area contributed by atoms with Gasteiger partial charge in [0.25, 0.3) is 0 Å². The zero-order valence-corrected chi connectivity index (χ0v) is 17.6. The summed E-state index contributed by atoms with van der Waals surface area (Å²) < 4.78 is 14.2. The second kappa shape index (κ2) is 8.70. The van der Waals surface area contributed by atoms with E-state index in [0.717, 1.165) is 28.4 Å². The van der Waals surface area contributed by atoms with Crippen LogP contribution in [-0.4, -0.2) is 16.2 Å². The fourth-order valence-corrected chi connectivity index (χ4v) is 3.80. The standard InChI is InChI=1S/C26H21ClN2O2/c27-21-10-13-22(14-11-21)31-18-26-28-24-7-3-4-8-25(24)29(26)15-16-30-23-12-9-19-5-1-2-6-20(19)17-23/h1-14,17H,15-16,18H2. The Morgan fingerprint density at radius 3 is 2.35 bits per heavy atom. The first-order chi connectivity index (χ1) is 15.3. The SMILES string of the molecule is Clc1ccc(OCc2nc3ccccc3n2CCOc2ccc3ccccc3c2)cc1. The van der Waals surface area contributed by atoms with Crippen molar-refractivity contribution in [3.8, 4) is 11.5 Å². The van der Waals surface area contributed by atoms with E-state index in [1.165, 1.54) is 10.8 Å². The van der Waals surface area contributed by atoms with E-state index in [9.17, 15) is 0 Å². The summed E-state index contributed by atoms with van der Waals surface area (Å²) in [6, 6.07) is 29.9. The summed E-state index contributed by atoms with van der Waals surface area (Å²) >= 11 is 5.96. The smallest absolute Gasteiger partial charge is 0.148 e. The fourth-order valence-electron chi connectivity index (χ4n) is 3.68. The van der Waals surface area contributed by atoms with E-state index in [2.05, 4.69) is 34.9 Å². The molecule has 4 nitrogen and oxygen atoms in total. The maximum Gasteiger partial charge on any atom is 0.148 e. The lowest BCUT2D eigenvalue weighted by Gasteiger charge is -2.12. The summed E-state index contributed by atoms with van der Waals surface area (Å²) in [5, 5.41) is 3.06. The van der Waals surface area contributed by atoms with Gasteiger partial charge in [-0.15, -0.1) is 0 Å². The van der Waals surface area contributed by atoms with Crippen LogP contribution in [0.4, 0.5) is 0 Å². The summed E-state index contributed by atoms with van der Waals surface area (Å²) in [5.74, 6) is 2.48. The van der Waals surface area contributed by atoms with Crippen molar-refractivity contribution < 1.29 is 9.47 Å². The van der Waals surface area contributed by atoms with Crippen LogP contribution in [0.25, 0.3) is 21.8 Å². The maximum absolute atomic E-state index is 6.06. The average molecular weight is 429 g/mol. The van der Waals surface area contributed by atoms with E-state index in [1.807, 2.05) is 60.7 Å². The Morgan fingerprint density at radius 1 is 0.742 bits per heavy atom. The van der Waals surface area contributed by atoms with Crippen LogP contribution in [0, 0.1) is 0 Å². The van der Waals surface area contributed by atoms with Gasteiger partial charge in [-0.2, -0.15) is 0 Å². The minimum atomic E-state index is 0.367. The van der Waals surface area contributed by atoms with Gasteiger partial charge >= 0.3 is 0 Å². The first-order valence-electron chi connectivity index (χ1n) is 10.2. The molecule has 1 aromatic heterocycles. The van der Waals surface area contributed by atoms with Crippen LogP contribution in [0.15, 0.2) is 91.0 Å². The summed E-state index contributed by atoms with van der Waals surface area (Å²) in [6.07, 6.45) is 0. The molecule has 0 aliphatic rings. The molecule has 0 amide bonds. The first-order valence-corrected chi connectivity index (χ1v) is 10.6. The molecule has 0 saturated heterocycles. The second-order valence-electron chi connectivity index (χ2n) is 7.27. The van der Waals surface area contributed by atoms with E-state index in [-0.39, 0.29) is 0 Å². The molecular weight excluding hydrogens is 408 g/mol. The molecule has 31 heavy (non-hydrogen) atoms. The number of imidazole rings is 1. The van der Waals surface area contributed by atoms with Gasteiger partial charge in [-0.05, 0) is 59.3 Å². The van der Waals surface area contributed by atoms with Crippen molar-refractivity contribution in [1.82, 2.24) is 9.55 Å². The number of nitrogens with zero attached hydrogens (tertiary/aromatic N) is 2. The second-order valence-corrected chi connectivity index (χ2v) is 7.70. The average Bonchev–Trinajstić information content (AvgIpc) is 3.16. The van der Waals surface area contributed by atoms with Crippen LogP contribution in [0.3, 0.4) is 0 Å². The van der Waals surface area contributed by atoms with Crippen LogP contribution in [0.1, 0.15) is 5.82 Å². The third kappa shape index (κ3) is 4.35. The Hall–Kier alpha value is -3.50. The monoisotopic (exact) mass is 428 g/mol. The van der Waals surface area contributed by atoms with Crippen LogP contribution < -0.4 is 9.47 Å². The molecule has 5 rings (SSSR count). The lowest BCUT2D eigenvalue weighted by molar-refractivity contribution is 0.272. The van der Waals surface area contributed by atoms with Gasteiger partial charge in [0.2, 0.25) is 0 Å². The number of benzene rings is 4. The lowest BCUT2D eigenvalue weighted by Crippen LogP contribution is -2.13. The number of aromatic nitrogens is 2. The number of para-hydroxylation sites is 2. The van der Waals surface area contributed by atoms with E-state index in [0.29, 0.717) is 24.8 Å². The summed E-state index contributed by atoms with van der Waals surface area (Å²) in [4.78, 5) is 4.77. The Morgan fingerprint density at radius 2 is 1.48 bits per heavy atom. The summed E-state index contributed by atoms with van der Waals surface area (Å²) in [6.45, 7) is 1.57. The number of hydrogen-bond donors (Lipinski definition) is 0. The molecule has 0 saturated carbocycles. The zero-order valence-electron chi connectivity index (χ0n) is 16.9. The van der Waals surface area contributed by atoms with Gasteiger partial charge in [-0.3, -0.25) is 0 Å². The van der Waals surface area contributed by atoms with Crippen LogP contribution in [-0.2, 0) is 13.2 Å². The van der Waals surface area contributed by atoms with Crippen molar-refractivity contribution in [1.29, 1.82) is 0 Å². The van der Waals surface area contributed by atoms with Crippen LogP contribution in [0.5, 0.6) is 11.5 Å². The van der Waals surface area contributed by atoms with E-state index < -0.39 is 0 Å². The van der Waals surface area contributed by atoms with E-state index in [4.69, 9.17) is 26.1 Å². The topological polar surface area (TPSA) is 36.3 Å². The van der Waals surface area contributed by atoms with Crippen LogP contribution in [0.2, 0.25) is 5.02 Å². The Kier molecular flexibility index (Phi) is 5.46. The van der Waals surface area contributed by atoms with Gasteiger partial charge in [0.15, 0.2) is 0 Å². The highest BCUT2D eigenvalue weighted by molar-refractivity contribution is 6.30. The van der Waals surface area contributed by atoms with Gasteiger partial charge in [0.1, 0.15) is 30.5 Å². The quantitative estimate of drug-likeness (QED) is 0.297. The molecule has 0 N–H and O–H groups in total. The van der Waals surface area contributed by atoms with Crippen molar-refractivity contribution in [3.05, 3.63) is 102 Å². The molecule has 0 atom stereocenters. The molecule has 0 aliphatic heterocycles. The maximum atomic E-state index is 6.06. The molecule has 5 aromatic rings. The van der Waals surface area contributed by atoms with Gasteiger partial charge in [0, 0.05) is 5.02 Å². The highest BCUT2D eigenvalue weighted by Crippen LogP contribution is 2.22. The molecule has 0 radical (unpaired) electrons. The van der Waals surface area contributed by atoms with E-state index in [1.54, 1.807) is 0 Å². The number of rotatable bonds is 7. The molecule has 0 bridgehead atoms. The number of halogens is 1. The minimum absolute atomic E-state index is 0.367. The first kappa shape index (κ1) is 19.5. The van der Waals surface area contributed by atoms with Gasteiger partial charge in [-0.25, -0.2) is 4.98 Å². The third-order valence-corrected chi connectivity index (χ3v) is 5.47. The number of hydrogen-bond acceptors (Lipinski definition) is 3. The Balaban J connectivity index is 1.32. The van der Waals surface area contributed by atoms with E-state index >= 15 is 0 Å². The van der Waals surface area contributed by atoms with Gasteiger partial charge < -0.3 is 14.0 Å². The molecule has 154 valence electrons. The summed E-state index contributed by atoms with van der Waals surface area (Å²) in [7, 11) is 0. The largest absolute Gasteiger partial charge is 0.492 e. The van der Waals surface area contributed by atoms with Crippen molar-refractivity contribution in [3.63, 3.8) is 0 Å². The highest BCUT2D eigenvalue weighted by atomic mass is 35.5. The molecule has 1 heterocycles. The molecule has 0 aliphatic carbocycles. The predicted octanol–water partition coefficient (Wildman–Crippen LogP) is 6.50. The molecule has 0 unspecified atom stereocenters. The lowest BCUT2D eigenvalue weighted by atomic mass is 10.1. The van der Waals surface area contributed by atoms with Gasteiger partial charge in [-0.1, -0.05) is 54.1 Å². The van der Waals surface area contributed by atoms with Gasteiger partial charge in [0.05, 0.1) is 17.6 Å².